The van der Waals surface area contributed by atoms with Gasteiger partial charge in [-0.3, -0.25) is 4.79 Å². The third-order valence-corrected chi connectivity index (χ3v) is 3.65. The first-order valence-corrected chi connectivity index (χ1v) is 7.01. The summed E-state index contributed by atoms with van der Waals surface area (Å²) in [5.74, 6) is 0.264. The number of hydrogen-bond acceptors (Lipinski definition) is 4. The number of aliphatic hydroxyl groups excluding tert-OH is 1. The lowest BCUT2D eigenvalue weighted by Gasteiger charge is -2.07. The number of fused-ring (bicyclic) bond motifs is 1. The number of nitrogens with zero attached hydrogens (tertiary/aromatic N) is 1. The van der Waals surface area contributed by atoms with E-state index in [2.05, 4.69) is 0 Å². The monoisotopic (exact) mass is 311 g/mol. The van der Waals surface area contributed by atoms with Gasteiger partial charge >= 0.3 is 5.97 Å². The minimum Gasteiger partial charge on any atom is -0.495 e. The highest BCUT2D eigenvalue weighted by atomic mass is 35.5. The van der Waals surface area contributed by atoms with Gasteiger partial charge in [-0.2, -0.15) is 0 Å². The predicted octanol–water partition coefficient (Wildman–Crippen LogP) is 2.40. The largest absolute Gasteiger partial charge is 0.495 e. The number of carbonyl (C=O) groups excluding carboxylic acids is 1. The highest BCUT2D eigenvalue weighted by molar-refractivity contribution is 6.32. The van der Waals surface area contributed by atoms with Crippen LogP contribution in [0, 0.1) is 0 Å². The molecule has 1 aromatic heterocycles. The molecule has 0 unspecified atom stereocenters. The van der Waals surface area contributed by atoms with Crippen molar-refractivity contribution >= 4 is 28.5 Å². The number of benzene rings is 1. The molecule has 0 spiro atoms. The molecule has 0 saturated carbocycles. The first-order chi connectivity index (χ1) is 10.1. The number of esters is 1. The van der Waals surface area contributed by atoms with Gasteiger partial charge in [0.1, 0.15) is 5.75 Å². The first kappa shape index (κ1) is 15.7. The van der Waals surface area contributed by atoms with Crippen LogP contribution in [0.25, 0.3) is 10.9 Å². The fraction of sp³-hybridized carbons (Fsp3) is 0.400. The third kappa shape index (κ3) is 3.31. The fourth-order valence-electron chi connectivity index (χ4n) is 2.32. The normalized spacial score (nSPS) is 10.9. The Kier molecular flexibility index (Phi) is 5.09. The van der Waals surface area contributed by atoms with Crippen molar-refractivity contribution in [3.05, 3.63) is 28.9 Å². The summed E-state index contributed by atoms with van der Waals surface area (Å²) in [6.45, 7) is 0.757. The molecule has 0 atom stereocenters. The molecule has 1 N–H and O–H groups in total. The van der Waals surface area contributed by atoms with E-state index in [1.807, 2.05) is 22.9 Å². The Bertz CT molecular complexity index is 651. The van der Waals surface area contributed by atoms with Crippen LogP contribution in [-0.2, 0) is 22.5 Å². The lowest BCUT2D eigenvalue weighted by molar-refractivity contribution is -0.139. The maximum absolute atomic E-state index is 11.5. The molecule has 2 rings (SSSR count). The predicted molar refractivity (Wildman–Crippen MR) is 80.9 cm³/mol. The van der Waals surface area contributed by atoms with Gasteiger partial charge < -0.3 is 19.1 Å². The number of hydrogen-bond donors (Lipinski definition) is 1. The van der Waals surface area contributed by atoms with Crippen molar-refractivity contribution in [2.24, 2.45) is 0 Å². The van der Waals surface area contributed by atoms with Gasteiger partial charge in [0.05, 0.1) is 31.2 Å². The Labute approximate surface area is 128 Å². The van der Waals surface area contributed by atoms with E-state index in [1.54, 1.807) is 7.11 Å². The molecule has 0 aliphatic rings. The van der Waals surface area contributed by atoms with Crippen LogP contribution in [0.15, 0.2) is 18.3 Å². The van der Waals surface area contributed by atoms with Crippen LogP contribution in [0.4, 0.5) is 0 Å². The molecule has 21 heavy (non-hydrogen) atoms. The molecule has 0 fully saturated rings. The number of aliphatic hydroxyl groups is 1. The lowest BCUT2D eigenvalue weighted by Crippen LogP contribution is -2.04. The summed E-state index contributed by atoms with van der Waals surface area (Å²) in [5, 5.41) is 10.4. The van der Waals surface area contributed by atoms with Crippen molar-refractivity contribution in [2.45, 2.75) is 19.4 Å². The van der Waals surface area contributed by atoms with Crippen molar-refractivity contribution in [1.29, 1.82) is 0 Å². The zero-order valence-corrected chi connectivity index (χ0v) is 12.8. The second-order valence-electron chi connectivity index (χ2n) is 4.68. The SMILES string of the molecule is COC(=O)Cc1cn(CCCO)c2cc(Cl)c(OC)cc12. The van der Waals surface area contributed by atoms with E-state index < -0.39 is 0 Å². The summed E-state index contributed by atoms with van der Waals surface area (Å²) < 4.78 is 11.9. The fourth-order valence-corrected chi connectivity index (χ4v) is 2.55. The summed E-state index contributed by atoms with van der Waals surface area (Å²) in [6, 6.07) is 3.64. The van der Waals surface area contributed by atoms with E-state index in [-0.39, 0.29) is 19.0 Å². The minimum atomic E-state index is -0.301. The van der Waals surface area contributed by atoms with Gasteiger partial charge in [0, 0.05) is 24.7 Å². The van der Waals surface area contributed by atoms with E-state index in [9.17, 15) is 4.79 Å². The van der Waals surface area contributed by atoms with Crippen molar-refractivity contribution in [3.63, 3.8) is 0 Å². The number of halogens is 1. The van der Waals surface area contributed by atoms with E-state index in [1.165, 1.54) is 7.11 Å². The molecular formula is C15H18ClNO4. The van der Waals surface area contributed by atoms with Gasteiger partial charge in [0.15, 0.2) is 0 Å². The summed E-state index contributed by atoms with van der Waals surface area (Å²) in [6.07, 6.45) is 2.71. The van der Waals surface area contributed by atoms with Crippen LogP contribution in [-0.4, -0.2) is 36.5 Å². The highest BCUT2D eigenvalue weighted by Crippen LogP contribution is 2.33. The molecular weight excluding hydrogens is 294 g/mol. The standard InChI is InChI=1S/C15H18ClNO4/c1-20-14-7-11-10(6-15(19)21-2)9-17(4-3-5-18)13(11)8-12(14)16/h7-9,18H,3-6H2,1-2H3. The van der Waals surface area contributed by atoms with Crippen molar-refractivity contribution in [3.8, 4) is 5.75 Å². The number of aromatic nitrogens is 1. The number of ether oxygens (including phenoxy) is 2. The van der Waals surface area contributed by atoms with E-state index in [0.717, 1.165) is 16.5 Å². The molecule has 1 heterocycles. The maximum atomic E-state index is 11.5. The topological polar surface area (TPSA) is 60.7 Å². The number of aryl methyl sites for hydroxylation is 1. The minimum absolute atomic E-state index is 0.107. The van der Waals surface area contributed by atoms with E-state index >= 15 is 0 Å². The molecule has 2 aromatic rings. The van der Waals surface area contributed by atoms with Gasteiger partial charge in [-0.1, -0.05) is 11.6 Å². The molecule has 0 amide bonds. The first-order valence-electron chi connectivity index (χ1n) is 6.63. The summed E-state index contributed by atoms with van der Waals surface area (Å²) in [4.78, 5) is 11.5. The third-order valence-electron chi connectivity index (χ3n) is 3.36. The van der Waals surface area contributed by atoms with Gasteiger partial charge in [-0.05, 0) is 24.1 Å². The second-order valence-corrected chi connectivity index (χ2v) is 5.09. The lowest BCUT2D eigenvalue weighted by atomic mass is 10.1. The molecule has 0 saturated heterocycles. The van der Waals surface area contributed by atoms with Crippen LogP contribution in [0.3, 0.4) is 0 Å². The Morgan fingerprint density at radius 2 is 2.14 bits per heavy atom. The van der Waals surface area contributed by atoms with Crippen molar-refractivity contribution in [2.75, 3.05) is 20.8 Å². The van der Waals surface area contributed by atoms with Crippen LogP contribution in [0.2, 0.25) is 5.02 Å². The van der Waals surface area contributed by atoms with Crippen LogP contribution < -0.4 is 4.74 Å². The smallest absolute Gasteiger partial charge is 0.310 e. The molecule has 0 aliphatic heterocycles. The number of rotatable bonds is 6. The second kappa shape index (κ2) is 6.83. The van der Waals surface area contributed by atoms with Crippen LogP contribution in [0.1, 0.15) is 12.0 Å². The molecule has 1 aromatic carbocycles. The average Bonchev–Trinajstić information content (AvgIpc) is 2.81. The molecule has 5 nitrogen and oxygen atoms in total. The Balaban J connectivity index is 2.53. The maximum Gasteiger partial charge on any atom is 0.310 e. The molecule has 114 valence electrons. The van der Waals surface area contributed by atoms with Gasteiger partial charge in [-0.15, -0.1) is 0 Å². The van der Waals surface area contributed by atoms with E-state index in [4.69, 9.17) is 26.2 Å². The zero-order chi connectivity index (χ0) is 15.4. The Hall–Kier alpha value is -1.72. The Morgan fingerprint density at radius 1 is 1.38 bits per heavy atom. The number of carbonyl (C=O) groups is 1. The summed E-state index contributed by atoms with van der Waals surface area (Å²) in [5.41, 5.74) is 1.76. The quantitative estimate of drug-likeness (QED) is 0.832. The molecule has 0 bridgehead atoms. The van der Waals surface area contributed by atoms with Crippen LogP contribution in [0.5, 0.6) is 5.75 Å². The van der Waals surface area contributed by atoms with Crippen LogP contribution >= 0.6 is 11.6 Å². The summed E-state index contributed by atoms with van der Waals surface area (Å²) >= 11 is 6.17. The van der Waals surface area contributed by atoms with Crippen molar-refractivity contribution < 1.29 is 19.4 Å². The van der Waals surface area contributed by atoms with Gasteiger partial charge in [0.2, 0.25) is 0 Å². The zero-order valence-electron chi connectivity index (χ0n) is 12.1. The van der Waals surface area contributed by atoms with Crippen molar-refractivity contribution in [1.82, 2.24) is 4.57 Å². The summed E-state index contributed by atoms with van der Waals surface area (Å²) in [7, 11) is 2.92. The average molecular weight is 312 g/mol. The van der Waals surface area contributed by atoms with E-state index in [0.29, 0.717) is 23.7 Å². The Morgan fingerprint density at radius 3 is 2.76 bits per heavy atom. The van der Waals surface area contributed by atoms with Gasteiger partial charge in [-0.25, -0.2) is 0 Å². The highest BCUT2D eigenvalue weighted by Gasteiger charge is 2.15. The molecule has 0 radical (unpaired) electrons. The van der Waals surface area contributed by atoms with Gasteiger partial charge in [0.25, 0.3) is 0 Å². The molecule has 0 aliphatic carbocycles. The molecule has 6 heteroatoms. The number of methoxy groups -OCH3 is 2.